The van der Waals surface area contributed by atoms with Gasteiger partial charge in [-0.1, -0.05) is 196 Å². The lowest BCUT2D eigenvalue weighted by Crippen LogP contribution is -2.61. The molecular formula is C118H150N2O24. The van der Waals surface area contributed by atoms with Crippen LogP contribution in [0.2, 0.25) is 0 Å². The standard InChI is InChI=1S/C30H37NO7.C29H37NO5.2C29H36O6.CH4/c1-19-9-11-23-27(19)28(37-25(34)12-10-21-7-5-4-6-8-21)30(22-13-15-31(16-14-22)20(2)33)17-24(29(23,3)38-30)36-26(35)18-32;1-4-24(31)33-23-18-29(21-14-16-30-17-15-21)27(26-19(2)10-12-22(26)28(23,3)35-29)34-25(32)13-11-20-8-6-5-7-9-20;2*1-19-13-15-22-26(19)27(34-24(31)16-14-20-9-5-3-6-10-20)29(21-11-7-4-8-12-21)17-23(28(22,2)35-29)33-25(32)18-30;/h4-8,10,12,22-24,28,32H,9,11,13-18H2,1-3H3;5-9,11,13,21-23,27,30H,4,10,12,14-18H2,1-3H3;2*3,5-6,9-10,14,16,21-23,27,30H,4,7-8,11-13,15,17-18H2,1-2H3;1H4/b12-10+;13-11+;2*16-14+;. The number of likely N-dealkylation sites (tertiary alicyclic amines) is 1. The SMILES string of the molecule is C.CC(=O)N1CCC(C23CC(OC(=O)CO)C(C)(O2)C2CCC(C)=C2C3OC(=O)/C=C/c2ccccc2)CC1.CC1=C2C(CC1)C1(C)OC(C3CCCCC3)(CC1OC(=O)CO)C2OC(=O)/C=C/c1ccccc1.CC1=C2C(CC1)C1(C)OC(C3CCCCC3)(CC1OC(=O)CO)C2OC(=O)/C=C/c1ccccc1.CCC(=O)OC1CC2(C3CCNCC3)OC1(C)C1CCC(C)=C1C2OC(=O)/C=C/c1ccccc1. The number of benzene rings is 4. The van der Waals surface area contributed by atoms with Gasteiger partial charge in [0.05, 0.1) is 0 Å². The van der Waals surface area contributed by atoms with Gasteiger partial charge in [0.1, 0.15) is 89.0 Å². The molecule has 10 saturated heterocycles. The number of nitrogens with one attached hydrogen (secondary N) is 1. The Morgan fingerprint density at radius 2 is 0.590 bits per heavy atom. The van der Waals surface area contributed by atoms with E-state index >= 15 is 0 Å². The maximum absolute atomic E-state index is 13.2. The van der Waals surface area contributed by atoms with Crippen LogP contribution in [0.4, 0.5) is 0 Å². The number of piperidine rings is 2. The number of hydrogen-bond acceptors (Lipinski definition) is 25. The molecule has 2 saturated carbocycles. The number of allylic oxidation sites excluding steroid dienone is 4. The highest BCUT2D eigenvalue weighted by Gasteiger charge is 2.76. The Morgan fingerprint density at radius 1 is 0.347 bits per heavy atom. The van der Waals surface area contributed by atoms with Crippen LogP contribution in [0, 0.1) is 47.3 Å². The lowest BCUT2D eigenvalue weighted by Gasteiger charge is -2.52. The highest BCUT2D eigenvalue weighted by molar-refractivity contribution is 5.90. The number of esters is 8. The summed E-state index contributed by atoms with van der Waals surface area (Å²) in [5.74, 6) is -3.04. The van der Waals surface area contributed by atoms with E-state index in [1.165, 1.54) is 65.0 Å². The summed E-state index contributed by atoms with van der Waals surface area (Å²) >= 11 is 0. The molecule has 12 fully saturated rings. The molecule has 6 aliphatic carbocycles. The number of rotatable bonds is 24. The van der Waals surface area contributed by atoms with E-state index in [1.54, 1.807) is 31.2 Å². The molecule has 20 atom stereocenters. The second kappa shape index (κ2) is 44.8. The van der Waals surface area contributed by atoms with Gasteiger partial charge in [-0.2, -0.15) is 0 Å². The first-order valence-corrected chi connectivity index (χ1v) is 52.7. The number of nitrogens with zero attached hydrogens (tertiary/aromatic N) is 1. The van der Waals surface area contributed by atoms with E-state index in [-0.39, 0.29) is 90.7 Å². The molecule has 4 N–H and O–H groups in total. The van der Waals surface area contributed by atoms with E-state index in [1.807, 2.05) is 154 Å². The lowest BCUT2D eigenvalue weighted by atomic mass is 9.69. The number of amides is 1. The maximum Gasteiger partial charge on any atom is 0.332 e. The van der Waals surface area contributed by atoms with Crippen molar-refractivity contribution in [2.45, 2.75) is 344 Å². The number of fused-ring (bicyclic) bond motifs is 16. The van der Waals surface area contributed by atoms with Crippen LogP contribution >= 0.6 is 0 Å². The predicted molar refractivity (Wildman–Crippen MR) is 542 cm³/mol. The van der Waals surface area contributed by atoms with Crippen molar-refractivity contribution in [1.82, 2.24) is 10.2 Å². The van der Waals surface area contributed by atoms with Crippen LogP contribution in [0.5, 0.6) is 0 Å². The van der Waals surface area contributed by atoms with Gasteiger partial charge in [0, 0.05) is 100 Å². The molecule has 20 rings (SSSR count). The van der Waals surface area contributed by atoms with Crippen molar-refractivity contribution < 1.29 is 115 Å². The van der Waals surface area contributed by atoms with Crippen molar-refractivity contribution in [3.05, 3.63) is 212 Å². The summed E-state index contributed by atoms with van der Waals surface area (Å²) in [5, 5.41) is 31.6. The molecule has 10 aliphatic heterocycles. The smallest absolute Gasteiger partial charge is 0.332 e. The molecule has 0 spiro atoms. The Labute approximate surface area is 848 Å². The third-order valence-electron chi connectivity index (χ3n) is 35.4. The van der Waals surface area contributed by atoms with Gasteiger partial charge in [0.2, 0.25) is 5.91 Å². The minimum Gasteiger partial charge on any atom is -0.459 e. The summed E-state index contributed by atoms with van der Waals surface area (Å²) in [6.07, 6.45) is 32.5. The Balaban J connectivity index is 0.000000137. The third-order valence-corrected chi connectivity index (χ3v) is 35.4. The minimum absolute atomic E-state index is 0. The number of carbonyl (C=O) groups is 9. The highest BCUT2D eigenvalue weighted by Crippen LogP contribution is 2.68. The highest BCUT2D eigenvalue weighted by atomic mass is 16.7. The summed E-state index contributed by atoms with van der Waals surface area (Å²) in [6.45, 7) is 21.1. The lowest BCUT2D eigenvalue weighted by molar-refractivity contribution is -0.230. The summed E-state index contributed by atoms with van der Waals surface area (Å²) < 4.78 is 76.8. The zero-order valence-corrected chi connectivity index (χ0v) is 84.8. The molecule has 1 amide bonds. The number of ether oxygens (including phenoxy) is 12. The van der Waals surface area contributed by atoms with Gasteiger partial charge in [-0.05, 0) is 264 Å². The molecule has 16 aliphatic rings. The first kappa shape index (κ1) is 106. The van der Waals surface area contributed by atoms with Crippen molar-refractivity contribution in [3.8, 4) is 0 Å². The average molecular weight is 1980 g/mol. The molecule has 4 aromatic carbocycles. The third kappa shape index (κ3) is 21.0. The van der Waals surface area contributed by atoms with Crippen molar-refractivity contribution in [1.29, 1.82) is 0 Å². The van der Waals surface area contributed by atoms with Crippen molar-refractivity contribution in [2.24, 2.45) is 47.3 Å². The number of aliphatic hydroxyl groups is 3. The van der Waals surface area contributed by atoms with Crippen molar-refractivity contribution in [3.63, 3.8) is 0 Å². The zero-order chi connectivity index (χ0) is 101. The Morgan fingerprint density at radius 3 is 0.833 bits per heavy atom. The molecule has 20 unspecified atom stereocenters. The van der Waals surface area contributed by atoms with E-state index in [2.05, 4.69) is 39.9 Å². The number of carbonyl (C=O) groups excluding carboxylic acids is 9. The van der Waals surface area contributed by atoms with Crippen LogP contribution in [-0.2, 0) is 100.0 Å². The summed E-state index contributed by atoms with van der Waals surface area (Å²) in [6, 6.07) is 38.7. The Hall–Kier alpha value is -10.3. The van der Waals surface area contributed by atoms with Gasteiger partial charge in [0.15, 0.2) is 24.4 Å². The van der Waals surface area contributed by atoms with Crippen LogP contribution in [-0.4, -0.2) is 214 Å². The van der Waals surface area contributed by atoms with Gasteiger partial charge >= 0.3 is 47.8 Å². The maximum atomic E-state index is 13.2. The van der Waals surface area contributed by atoms with Crippen molar-refractivity contribution in [2.75, 3.05) is 46.0 Å². The van der Waals surface area contributed by atoms with Gasteiger partial charge < -0.3 is 82.4 Å². The van der Waals surface area contributed by atoms with E-state index in [0.717, 1.165) is 168 Å². The summed E-state index contributed by atoms with van der Waals surface area (Å²) in [5.41, 5.74) is 7.46. The summed E-state index contributed by atoms with van der Waals surface area (Å²) in [4.78, 5) is 116. The molecular weight excluding hydrogens is 1830 g/mol. The Bertz CT molecular complexity index is 5190. The van der Waals surface area contributed by atoms with Crippen LogP contribution in [0.1, 0.15) is 272 Å². The van der Waals surface area contributed by atoms with Gasteiger partial charge in [0.25, 0.3) is 0 Å². The zero-order valence-electron chi connectivity index (χ0n) is 84.8. The van der Waals surface area contributed by atoms with Crippen LogP contribution in [0.25, 0.3) is 24.3 Å². The van der Waals surface area contributed by atoms with Gasteiger partial charge in [-0.25, -0.2) is 33.6 Å². The fraction of sp³-hybridized carbons (Fsp3) is 0.585. The van der Waals surface area contributed by atoms with Crippen molar-refractivity contribution >= 4 is 78.0 Å². The quantitative estimate of drug-likeness (QED) is 0.0219. The average Bonchev–Trinajstić information content (AvgIpc) is 1.54. The van der Waals surface area contributed by atoms with E-state index in [9.17, 15) is 58.5 Å². The fourth-order valence-corrected chi connectivity index (χ4v) is 28.4. The fourth-order valence-electron chi connectivity index (χ4n) is 28.4. The van der Waals surface area contributed by atoms with E-state index in [4.69, 9.17) is 56.8 Å². The Kier molecular flexibility index (Phi) is 33.1. The molecule has 0 aromatic heterocycles. The molecule has 10 heterocycles. The van der Waals surface area contributed by atoms with Crippen LogP contribution < -0.4 is 5.32 Å². The molecule has 26 heteroatoms. The van der Waals surface area contributed by atoms with Gasteiger partial charge in [-0.3, -0.25) is 9.59 Å². The topological polar surface area (TPSA) is 340 Å². The largest absolute Gasteiger partial charge is 0.459 e. The predicted octanol–water partition coefficient (Wildman–Crippen LogP) is 18.2. The first-order chi connectivity index (χ1) is 68.8. The summed E-state index contributed by atoms with van der Waals surface area (Å²) in [7, 11) is 0. The normalized spacial score (nSPS) is 34.0. The monoisotopic (exact) mass is 1980 g/mol. The molecule has 776 valence electrons. The van der Waals surface area contributed by atoms with Crippen LogP contribution in [0.3, 0.4) is 0 Å². The van der Waals surface area contributed by atoms with Gasteiger partial charge in [-0.15, -0.1) is 0 Å². The minimum atomic E-state index is -0.897. The second-order valence-corrected chi connectivity index (χ2v) is 43.5. The number of aliphatic hydroxyl groups excluding tert-OH is 3. The molecule has 8 bridgehead atoms. The van der Waals surface area contributed by atoms with E-state index in [0.29, 0.717) is 58.0 Å². The van der Waals surface area contributed by atoms with E-state index < -0.39 is 131 Å². The molecule has 144 heavy (non-hydrogen) atoms. The van der Waals surface area contributed by atoms with Crippen LogP contribution in [0.15, 0.2) is 190 Å². The molecule has 0 radical (unpaired) electrons. The molecule has 4 aromatic rings. The second-order valence-electron chi connectivity index (χ2n) is 43.5. The number of hydrogen-bond donors (Lipinski definition) is 4. The first-order valence-electron chi connectivity index (χ1n) is 52.7. The molecule has 26 nitrogen and oxygen atoms in total.